The van der Waals surface area contributed by atoms with Gasteiger partial charge in [-0.3, -0.25) is 14.7 Å². The van der Waals surface area contributed by atoms with Gasteiger partial charge in [-0.05, 0) is 32.9 Å². The second kappa shape index (κ2) is 10.2. The monoisotopic (exact) mass is 376 g/mol. The third-order valence-corrected chi connectivity index (χ3v) is 4.58. The zero-order chi connectivity index (χ0) is 19.7. The Balaban J connectivity index is 1.71. The van der Waals surface area contributed by atoms with E-state index in [1.807, 2.05) is 19.1 Å². The normalized spacial score (nSPS) is 16.1. The van der Waals surface area contributed by atoms with Gasteiger partial charge in [-0.25, -0.2) is 4.98 Å². The van der Waals surface area contributed by atoms with Crippen molar-refractivity contribution in [3.63, 3.8) is 0 Å². The standard InChI is InChI=1S/C19H32N6O2/c1-15-6-5-7-16(23-15)24-17(26)8-9-21-18(20-4)22-14-19(2,3)25-10-12-27-13-11-25/h5-7H,8-14H2,1-4H3,(H2,20,21,22)(H,23,24,26). The number of aliphatic imine (C=N–C) groups is 1. The molecule has 0 unspecified atom stereocenters. The molecule has 2 rings (SSSR count). The summed E-state index contributed by atoms with van der Waals surface area (Å²) in [5.41, 5.74) is 0.869. The Bertz CT molecular complexity index is 641. The third kappa shape index (κ3) is 7.15. The number of nitrogens with zero attached hydrogens (tertiary/aromatic N) is 3. The Morgan fingerprint density at radius 2 is 2.04 bits per heavy atom. The average Bonchev–Trinajstić information content (AvgIpc) is 2.65. The molecule has 3 N–H and O–H groups in total. The molecule has 2 heterocycles. The number of hydrogen-bond acceptors (Lipinski definition) is 5. The van der Waals surface area contributed by atoms with E-state index < -0.39 is 0 Å². The smallest absolute Gasteiger partial charge is 0.227 e. The van der Waals surface area contributed by atoms with Crippen molar-refractivity contribution >= 4 is 17.7 Å². The zero-order valence-electron chi connectivity index (χ0n) is 16.8. The van der Waals surface area contributed by atoms with Gasteiger partial charge >= 0.3 is 0 Å². The molecule has 0 radical (unpaired) electrons. The second-order valence-electron chi connectivity index (χ2n) is 7.23. The van der Waals surface area contributed by atoms with E-state index in [9.17, 15) is 4.79 Å². The van der Waals surface area contributed by atoms with E-state index in [-0.39, 0.29) is 11.4 Å². The number of carbonyl (C=O) groups excluding carboxylic acids is 1. The van der Waals surface area contributed by atoms with Crippen LogP contribution in [0.5, 0.6) is 0 Å². The minimum atomic E-state index is -0.0790. The van der Waals surface area contributed by atoms with Crippen LogP contribution in [0.3, 0.4) is 0 Å². The molecule has 1 aromatic heterocycles. The van der Waals surface area contributed by atoms with Gasteiger partial charge in [0.15, 0.2) is 5.96 Å². The molecule has 0 bridgehead atoms. The van der Waals surface area contributed by atoms with Gasteiger partial charge in [0.2, 0.25) is 5.91 Å². The summed E-state index contributed by atoms with van der Waals surface area (Å²) in [6.45, 7) is 11.0. The van der Waals surface area contributed by atoms with E-state index in [4.69, 9.17) is 4.74 Å². The van der Waals surface area contributed by atoms with Gasteiger partial charge < -0.3 is 20.7 Å². The first kappa shape index (κ1) is 21.1. The van der Waals surface area contributed by atoms with E-state index >= 15 is 0 Å². The number of morpholine rings is 1. The number of carbonyl (C=O) groups is 1. The highest BCUT2D eigenvalue weighted by molar-refractivity contribution is 5.90. The largest absolute Gasteiger partial charge is 0.379 e. The lowest BCUT2D eigenvalue weighted by molar-refractivity contribution is -0.116. The van der Waals surface area contributed by atoms with Crippen LogP contribution in [-0.4, -0.2) is 73.7 Å². The maximum Gasteiger partial charge on any atom is 0.227 e. The number of nitrogens with one attached hydrogen (secondary N) is 3. The van der Waals surface area contributed by atoms with Gasteiger partial charge in [0.25, 0.3) is 0 Å². The molecule has 0 spiro atoms. The Morgan fingerprint density at radius 1 is 1.30 bits per heavy atom. The number of anilines is 1. The maximum atomic E-state index is 12.0. The van der Waals surface area contributed by atoms with E-state index in [0.29, 0.717) is 24.7 Å². The van der Waals surface area contributed by atoms with Gasteiger partial charge in [0.1, 0.15) is 5.82 Å². The second-order valence-corrected chi connectivity index (χ2v) is 7.23. The topological polar surface area (TPSA) is 90.9 Å². The predicted molar refractivity (Wildman–Crippen MR) is 108 cm³/mol. The Morgan fingerprint density at radius 3 is 2.70 bits per heavy atom. The highest BCUT2D eigenvalue weighted by atomic mass is 16.5. The highest BCUT2D eigenvalue weighted by Gasteiger charge is 2.28. The van der Waals surface area contributed by atoms with Crippen LogP contribution in [0.2, 0.25) is 0 Å². The number of aryl methyl sites for hydroxylation is 1. The Hall–Kier alpha value is -2.19. The van der Waals surface area contributed by atoms with Crippen LogP contribution in [-0.2, 0) is 9.53 Å². The summed E-state index contributed by atoms with van der Waals surface area (Å²) in [6, 6.07) is 5.55. The number of ether oxygens (including phenoxy) is 1. The molecule has 8 heteroatoms. The van der Waals surface area contributed by atoms with Crippen molar-refractivity contribution in [3.8, 4) is 0 Å². The van der Waals surface area contributed by atoms with Crippen molar-refractivity contribution in [2.75, 3.05) is 51.8 Å². The molecule has 27 heavy (non-hydrogen) atoms. The van der Waals surface area contributed by atoms with Crippen molar-refractivity contribution in [1.29, 1.82) is 0 Å². The number of aromatic nitrogens is 1. The summed E-state index contributed by atoms with van der Waals surface area (Å²) in [4.78, 5) is 23.0. The minimum Gasteiger partial charge on any atom is -0.379 e. The molecule has 0 atom stereocenters. The summed E-state index contributed by atoms with van der Waals surface area (Å²) < 4.78 is 5.43. The quantitative estimate of drug-likeness (QED) is 0.486. The van der Waals surface area contributed by atoms with Crippen molar-refractivity contribution in [1.82, 2.24) is 20.5 Å². The third-order valence-electron chi connectivity index (χ3n) is 4.58. The van der Waals surface area contributed by atoms with Crippen molar-refractivity contribution in [2.24, 2.45) is 4.99 Å². The molecule has 1 amide bonds. The van der Waals surface area contributed by atoms with Crippen molar-refractivity contribution in [3.05, 3.63) is 23.9 Å². The van der Waals surface area contributed by atoms with Gasteiger partial charge in [-0.15, -0.1) is 0 Å². The van der Waals surface area contributed by atoms with Gasteiger partial charge in [-0.2, -0.15) is 0 Å². The van der Waals surface area contributed by atoms with E-state index in [0.717, 1.165) is 38.5 Å². The lowest BCUT2D eigenvalue weighted by Gasteiger charge is -2.41. The van der Waals surface area contributed by atoms with E-state index in [1.54, 1.807) is 13.1 Å². The average molecular weight is 377 g/mol. The molecule has 1 aliphatic heterocycles. The number of amides is 1. The molecule has 1 fully saturated rings. The van der Waals surface area contributed by atoms with Crippen molar-refractivity contribution < 1.29 is 9.53 Å². The summed E-state index contributed by atoms with van der Waals surface area (Å²) in [7, 11) is 1.73. The van der Waals surface area contributed by atoms with Crippen LogP contribution in [0.25, 0.3) is 0 Å². The van der Waals surface area contributed by atoms with Crippen molar-refractivity contribution in [2.45, 2.75) is 32.7 Å². The van der Waals surface area contributed by atoms with Crippen LogP contribution < -0.4 is 16.0 Å². The van der Waals surface area contributed by atoms with Crippen LogP contribution >= 0.6 is 0 Å². The predicted octanol–water partition coefficient (Wildman–Crippen LogP) is 0.994. The first-order valence-corrected chi connectivity index (χ1v) is 9.41. The fourth-order valence-electron chi connectivity index (χ4n) is 2.91. The lowest BCUT2D eigenvalue weighted by Crippen LogP contribution is -2.56. The number of rotatable bonds is 7. The molecular weight excluding hydrogens is 344 g/mol. The summed E-state index contributed by atoms with van der Waals surface area (Å²) >= 11 is 0. The first-order chi connectivity index (χ1) is 12.9. The number of guanidine groups is 1. The summed E-state index contributed by atoms with van der Waals surface area (Å²) in [6.07, 6.45) is 0.336. The van der Waals surface area contributed by atoms with Gasteiger partial charge in [-0.1, -0.05) is 6.07 Å². The Labute approximate surface area is 161 Å². The SMILES string of the molecule is CN=C(NCCC(=O)Nc1cccc(C)n1)NCC(C)(C)N1CCOCC1. The fourth-order valence-corrected chi connectivity index (χ4v) is 2.91. The lowest BCUT2D eigenvalue weighted by atomic mass is 10.0. The molecule has 1 aliphatic rings. The van der Waals surface area contributed by atoms with E-state index in [2.05, 4.69) is 44.7 Å². The van der Waals surface area contributed by atoms with Gasteiger partial charge in [0.05, 0.1) is 13.2 Å². The highest BCUT2D eigenvalue weighted by Crippen LogP contribution is 2.14. The minimum absolute atomic E-state index is 0.00435. The maximum absolute atomic E-state index is 12.0. The molecule has 0 aromatic carbocycles. The van der Waals surface area contributed by atoms with Crippen LogP contribution in [0.4, 0.5) is 5.82 Å². The number of hydrogen-bond donors (Lipinski definition) is 3. The fraction of sp³-hybridized carbons (Fsp3) is 0.632. The molecule has 0 aliphatic carbocycles. The number of pyridine rings is 1. The van der Waals surface area contributed by atoms with Crippen LogP contribution in [0.15, 0.2) is 23.2 Å². The summed E-state index contributed by atoms with van der Waals surface area (Å²) in [5.74, 6) is 1.19. The van der Waals surface area contributed by atoms with Crippen LogP contribution in [0, 0.1) is 6.92 Å². The summed E-state index contributed by atoms with van der Waals surface area (Å²) in [5, 5.41) is 9.34. The molecular formula is C19H32N6O2. The molecule has 0 saturated carbocycles. The van der Waals surface area contributed by atoms with E-state index in [1.165, 1.54) is 0 Å². The van der Waals surface area contributed by atoms with Crippen LogP contribution in [0.1, 0.15) is 26.0 Å². The molecule has 1 saturated heterocycles. The molecule has 1 aromatic rings. The zero-order valence-corrected chi connectivity index (χ0v) is 16.8. The molecule has 150 valence electrons. The first-order valence-electron chi connectivity index (χ1n) is 9.41. The Kier molecular flexibility index (Phi) is 7.99. The molecule has 8 nitrogen and oxygen atoms in total. The van der Waals surface area contributed by atoms with Gasteiger partial charge in [0, 0.05) is 50.9 Å².